The summed E-state index contributed by atoms with van der Waals surface area (Å²) in [6.45, 7) is -3.33. The Kier molecular flexibility index (Phi) is 22.6. The van der Waals surface area contributed by atoms with Gasteiger partial charge in [-0.05, 0) is 12.8 Å². The maximum Gasteiger partial charge on any atom is 0.327 e. The Hall–Kier alpha value is -5.67. The smallest absolute Gasteiger partial charge is 0.327 e. The van der Waals surface area contributed by atoms with Gasteiger partial charge in [0.15, 0.2) is 5.96 Å². The zero-order chi connectivity index (χ0) is 42.2. The van der Waals surface area contributed by atoms with Gasteiger partial charge in [0.2, 0.25) is 47.3 Å². The summed E-state index contributed by atoms with van der Waals surface area (Å²) in [5.74, 6) is -8.51. The van der Waals surface area contributed by atoms with Crippen LogP contribution in [0.15, 0.2) is 17.5 Å². The Bertz CT molecular complexity index is 1550. The van der Waals surface area contributed by atoms with Gasteiger partial charge >= 0.3 is 5.97 Å². The number of amides is 8. The summed E-state index contributed by atoms with van der Waals surface area (Å²) < 4.78 is 0. The van der Waals surface area contributed by atoms with Crippen LogP contribution in [0.1, 0.15) is 18.5 Å². The lowest BCUT2D eigenvalue weighted by molar-refractivity contribution is -0.141. The number of H-pyrrole nitrogens is 1. The number of carbonyl (C=O) groups excluding carboxylic acids is 8. The summed E-state index contributed by atoms with van der Waals surface area (Å²) in [5.41, 5.74) is 16.6. The van der Waals surface area contributed by atoms with Gasteiger partial charge in [-0.15, -0.1) is 0 Å². The number of rotatable bonds is 26. The number of imidazole rings is 1. The molecule has 0 aliphatic heterocycles. The molecule has 0 aliphatic carbocycles. The molecule has 0 aliphatic rings. The third kappa shape index (κ3) is 19.6. The van der Waals surface area contributed by atoms with Gasteiger partial charge in [0, 0.05) is 36.4 Å². The second kappa shape index (κ2) is 26.2. The van der Waals surface area contributed by atoms with Crippen molar-refractivity contribution in [2.24, 2.45) is 22.2 Å². The molecule has 1 heterocycles. The average Bonchev–Trinajstić information content (AvgIpc) is 3.68. The minimum Gasteiger partial charge on any atom is -0.480 e. The number of nitrogens with two attached hydrogens (primary N) is 3. The molecule has 27 heteroatoms. The summed E-state index contributed by atoms with van der Waals surface area (Å²) in [6, 6.07) is -6.64. The zero-order valence-electron chi connectivity index (χ0n) is 29.9. The number of carbonyl (C=O) groups is 9. The molecule has 0 unspecified atom stereocenters. The van der Waals surface area contributed by atoms with E-state index in [0.29, 0.717) is 5.69 Å². The molecule has 1 aromatic rings. The molecule has 25 nitrogen and oxygen atoms in total. The van der Waals surface area contributed by atoms with Crippen LogP contribution in [0.2, 0.25) is 0 Å². The van der Waals surface area contributed by atoms with Crippen LogP contribution in [0.4, 0.5) is 0 Å². The van der Waals surface area contributed by atoms with Gasteiger partial charge in [-0.2, -0.15) is 25.3 Å². The number of aliphatic imine (C=N–C) groups is 1. The number of aliphatic hydroxyl groups excluding tert-OH is 1. The normalized spacial score (nSPS) is 13.2. The number of carboxylic acids is 1. The van der Waals surface area contributed by atoms with Crippen LogP contribution < -0.4 is 59.7 Å². The lowest BCUT2D eigenvalue weighted by Crippen LogP contribution is -2.58. The van der Waals surface area contributed by atoms with Crippen molar-refractivity contribution in [3.63, 3.8) is 0 Å². The topological polar surface area (TPSA) is 409 Å². The minimum absolute atomic E-state index is 0.0342. The van der Waals surface area contributed by atoms with E-state index < -0.39 is 116 Å². The van der Waals surface area contributed by atoms with Crippen LogP contribution >= 0.6 is 25.3 Å². The Labute approximate surface area is 330 Å². The Morgan fingerprint density at radius 3 is 1.75 bits per heavy atom. The first kappa shape index (κ1) is 48.3. The third-order valence-electron chi connectivity index (χ3n) is 7.11. The number of hydrogen-bond donors (Lipinski definition) is 16. The maximum atomic E-state index is 13.5. The van der Waals surface area contributed by atoms with Gasteiger partial charge in [-0.3, -0.25) is 43.3 Å². The van der Waals surface area contributed by atoms with Crippen molar-refractivity contribution in [1.82, 2.24) is 52.5 Å². The second-order valence-electron chi connectivity index (χ2n) is 11.6. The highest BCUT2D eigenvalue weighted by atomic mass is 32.1. The van der Waals surface area contributed by atoms with E-state index in [0.717, 1.165) is 0 Å². The van der Waals surface area contributed by atoms with E-state index >= 15 is 0 Å². The molecule has 8 amide bonds. The van der Waals surface area contributed by atoms with E-state index in [1.54, 1.807) is 0 Å². The number of aromatic amines is 1. The first-order valence-corrected chi connectivity index (χ1v) is 17.9. The van der Waals surface area contributed by atoms with Gasteiger partial charge in [-0.1, -0.05) is 0 Å². The van der Waals surface area contributed by atoms with E-state index in [2.05, 4.69) is 82.8 Å². The van der Waals surface area contributed by atoms with Gasteiger partial charge < -0.3 is 74.9 Å². The van der Waals surface area contributed by atoms with Crippen LogP contribution in [-0.2, 0) is 49.6 Å². The molecule has 0 spiro atoms. The van der Waals surface area contributed by atoms with Gasteiger partial charge in [-0.25, -0.2) is 9.78 Å². The lowest BCUT2D eigenvalue weighted by Gasteiger charge is -2.24. The highest BCUT2D eigenvalue weighted by molar-refractivity contribution is 7.80. The first-order valence-electron chi connectivity index (χ1n) is 16.6. The maximum absolute atomic E-state index is 13.5. The van der Waals surface area contributed by atoms with Gasteiger partial charge in [0.25, 0.3) is 0 Å². The number of carboxylic acid groups (broad SMARTS) is 1. The fraction of sp³-hybridized carbons (Fsp3) is 0.552. The van der Waals surface area contributed by atoms with Crippen molar-refractivity contribution < 1.29 is 53.4 Å². The van der Waals surface area contributed by atoms with Crippen LogP contribution in [0.5, 0.6) is 0 Å². The minimum atomic E-state index is -1.64. The standard InChI is InChI=1S/C29H48N14O11S2/c30-15(11-55)24(49)37-6-20(45)35-8-22(47)40-16(2-1-3-34-29(31)32)26(51)42-17(4-14-5-33-13-39-14)27(52)43-18(10-44)25(50)38-7-21(46)36-9-23(48)41-19(12-56)28(53)54/h5,13,15-19,44,55-56H,1-4,6-12,30H2,(H,33,39)(H,35,45)(H,36,46)(H,37,49)(H,38,50)(H,40,47)(H,41,48)(H,42,51)(H,43,52)(H,53,54)(H4,31,32,34)/t15-,16-,17-,18-,19-/m0/s1. The highest BCUT2D eigenvalue weighted by Crippen LogP contribution is 2.04. The SMILES string of the molecule is NC(N)=NCCC[C@H](NC(=O)CNC(=O)CNC(=O)[C@@H](N)CS)C(=O)N[C@@H](Cc1cnc[nH]1)C(=O)N[C@@H](CO)C(=O)NCC(=O)NCC(=O)N[C@@H](CS)C(=O)O. The van der Waals surface area contributed by atoms with Crippen molar-refractivity contribution in [3.05, 3.63) is 18.2 Å². The van der Waals surface area contributed by atoms with E-state index in [4.69, 9.17) is 22.3 Å². The molecule has 312 valence electrons. The summed E-state index contributed by atoms with van der Waals surface area (Å²) in [7, 11) is 0. The molecule has 17 N–H and O–H groups in total. The molecule has 0 saturated heterocycles. The number of nitrogens with zero attached hydrogens (tertiary/aromatic N) is 2. The summed E-state index contributed by atoms with van der Waals surface area (Å²) in [6.07, 6.45) is 2.55. The van der Waals surface area contributed by atoms with E-state index in [9.17, 15) is 48.3 Å². The predicted molar refractivity (Wildman–Crippen MR) is 202 cm³/mol. The highest BCUT2D eigenvalue weighted by Gasteiger charge is 2.30. The monoisotopic (exact) mass is 832 g/mol. The molecule has 1 rings (SSSR count). The molecular weight excluding hydrogens is 785 g/mol. The Balaban J connectivity index is 2.96. The Morgan fingerprint density at radius 1 is 0.714 bits per heavy atom. The quantitative estimate of drug-likeness (QED) is 0.0178. The van der Waals surface area contributed by atoms with E-state index in [1.807, 2.05) is 0 Å². The number of aliphatic carboxylic acids is 1. The van der Waals surface area contributed by atoms with Gasteiger partial charge in [0.05, 0.1) is 45.2 Å². The molecular formula is C29H48N14O11S2. The molecule has 0 radical (unpaired) electrons. The van der Waals surface area contributed by atoms with Crippen LogP contribution in [0.25, 0.3) is 0 Å². The van der Waals surface area contributed by atoms with E-state index in [1.165, 1.54) is 12.5 Å². The van der Waals surface area contributed by atoms with Crippen LogP contribution in [0.3, 0.4) is 0 Å². The lowest BCUT2D eigenvalue weighted by atomic mass is 10.1. The Morgan fingerprint density at radius 2 is 1.25 bits per heavy atom. The molecule has 5 atom stereocenters. The number of hydrogen-bond acceptors (Lipinski definition) is 15. The van der Waals surface area contributed by atoms with E-state index in [-0.39, 0.29) is 43.3 Å². The predicted octanol–water partition coefficient (Wildman–Crippen LogP) is -8.33. The van der Waals surface area contributed by atoms with Crippen molar-refractivity contribution in [2.75, 3.05) is 50.8 Å². The second-order valence-corrected chi connectivity index (χ2v) is 12.3. The number of guanidine groups is 1. The van der Waals surface area contributed by atoms with Crippen LogP contribution in [-0.4, -0.2) is 160 Å². The fourth-order valence-corrected chi connectivity index (χ4v) is 4.58. The fourth-order valence-electron chi connectivity index (χ4n) is 4.17. The van der Waals surface area contributed by atoms with Gasteiger partial charge in [0.1, 0.15) is 24.2 Å². The summed E-state index contributed by atoms with van der Waals surface area (Å²) in [4.78, 5) is 122. The number of nitrogens with one attached hydrogen (secondary N) is 9. The molecule has 0 bridgehead atoms. The molecule has 1 aromatic heterocycles. The average molecular weight is 833 g/mol. The summed E-state index contributed by atoms with van der Waals surface area (Å²) >= 11 is 7.71. The van der Waals surface area contributed by atoms with Crippen molar-refractivity contribution >= 4 is 84.4 Å². The first-order chi connectivity index (χ1) is 26.5. The van der Waals surface area contributed by atoms with Crippen molar-refractivity contribution in [2.45, 2.75) is 49.5 Å². The molecule has 56 heavy (non-hydrogen) atoms. The largest absolute Gasteiger partial charge is 0.480 e. The third-order valence-corrected chi connectivity index (χ3v) is 7.87. The molecule has 0 saturated carbocycles. The molecule has 0 aromatic carbocycles. The number of aromatic nitrogens is 2. The zero-order valence-corrected chi connectivity index (χ0v) is 31.7. The van der Waals surface area contributed by atoms with Crippen molar-refractivity contribution in [3.8, 4) is 0 Å². The van der Waals surface area contributed by atoms with Crippen LogP contribution in [0, 0.1) is 0 Å². The molecule has 0 fully saturated rings. The number of aliphatic hydroxyl groups is 1. The summed E-state index contributed by atoms with van der Waals surface area (Å²) in [5, 5.41) is 37.1. The van der Waals surface area contributed by atoms with Crippen molar-refractivity contribution in [1.29, 1.82) is 0 Å². The number of thiol groups is 2.